The Morgan fingerprint density at radius 2 is 2.24 bits per heavy atom. The van der Waals surface area contributed by atoms with Gasteiger partial charge in [0, 0.05) is 26.4 Å². The number of amides is 1. The second kappa shape index (κ2) is 6.16. The van der Waals surface area contributed by atoms with Crippen LogP contribution >= 0.6 is 15.9 Å². The van der Waals surface area contributed by atoms with Crippen LogP contribution in [0.3, 0.4) is 0 Å². The number of hydrogen-bond acceptors (Lipinski definition) is 3. The fourth-order valence-electron chi connectivity index (χ4n) is 1.63. The van der Waals surface area contributed by atoms with Gasteiger partial charge >= 0.3 is 0 Å². The van der Waals surface area contributed by atoms with Gasteiger partial charge in [-0.3, -0.25) is 9.48 Å². The Hall–Kier alpha value is -0.880. The summed E-state index contributed by atoms with van der Waals surface area (Å²) in [5, 5.41) is 7.07. The Bertz CT molecular complexity index is 404. The highest BCUT2D eigenvalue weighted by Gasteiger charge is 2.17. The monoisotopic (exact) mass is 303 g/mol. The molecule has 1 atom stereocenters. The third-order valence-electron chi connectivity index (χ3n) is 2.57. The summed E-state index contributed by atoms with van der Waals surface area (Å²) >= 11 is 3.42. The van der Waals surface area contributed by atoms with Gasteiger partial charge in [0.2, 0.25) is 0 Å². The van der Waals surface area contributed by atoms with Crippen molar-refractivity contribution in [3.05, 3.63) is 17.0 Å². The molecule has 1 N–H and O–H groups in total. The number of rotatable bonds is 5. The first-order valence-electron chi connectivity index (χ1n) is 5.38. The number of ether oxygens (including phenoxy) is 1. The van der Waals surface area contributed by atoms with Gasteiger partial charge in [-0.25, -0.2) is 0 Å². The van der Waals surface area contributed by atoms with Gasteiger partial charge in [0.05, 0.1) is 22.7 Å². The summed E-state index contributed by atoms with van der Waals surface area (Å²) < 4.78 is 6.69. The van der Waals surface area contributed by atoms with Gasteiger partial charge in [0.25, 0.3) is 5.91 Å². The number of hydrogen-bond donors (Lipinski definition) is 1. The summed E-state index contributed by atoms with van der Waals surface area (Å²) in [6, 6.07) is 0. The maximum absolute atomic E-state index is 12.0. The van der Waals surface area contributed by atoms with E-state index < -0.39 is 0 Å². The maximum atomic E-state index is 12.0. The smallest absolute Gasteiger partial charge is 0.255 e. The van der Waals surface area contributed by atoms with Crippen molar-refractivity contribution in [2.24, 2.45) is 7.05 Å². The van der Waals surface area contributed by atoms with Gasteiger partial charge < -0.3 is 10.1 Å². The zero-order chi connectivity index (χ0) is 13.0. The summed E-state index contributed by atoms with van der Waals surface area (Å²) in [4.78, 5) is 12.1. The van der Waals surface area contributed by atoms with Crippen molar-refractivity contribution in [2.45, 2.75) is 18.7 Å². The molecule has 6 heteroatoms. The van der Waals surface area contributed by atoms with E-state index in [1.54, 1.807) is 11.8 Å². The number of halogens is 1. The molecule has 1 heterocycles. The summed E-state index contributed by atoms with van der Waals surface area (Å²) in [7, 11) is 3.46. The Kier molecular flexibility index (Phi) is 5.14. The van der Waals surface area contributed by atoms with Crippen LogP contribution in [0, 0.1) is 13.8 Å². The second-order valence-corrected chi connectivity index (χ2v) is 5.23. The highest BCUT2D eigenvalue weighted by Crippen LogP contribution is 2.11. The van der Waals surface area contributed by atoms with Gasteiger partial charge in [-0.2, -0.15) is 5.10 Å². The molecular weight excluding hydrogens is 286 g/mol. The SMILES string of the molecule is COCC(Br)CNC(=O)c1c(C)nn(C)c1C. The number of alkyl halides is 1. The molecule has 0 fully saturated rings. The van der Waals surface area contributed by atoms with Gasteiger partial charge in [-0.15, -0.1) is 0 Å². The van der Waals surface area contributed by atoms with Crippen molar-refractivity contribution in [2.75, 3.05) is 20.3 Å². The van der Waals surface area contributed by atoms with Gasteiger partial charge in [0.15, 0.2) is 0 Å². The Balaban J connectivity index is 2.64. The minimum atomic E-state index is -0.0892. The van der Waals surface area contributed by atoms with Crippen molar-refractivity contribution < 1.29 is 9.53 Å². The number of methoxy groups -OCH3 is 1. The van der Waals surface area contributed by atoms with E-state index in [0.717, 1.165) is 11.4 Å². The lowest BCUT2D eigenvalue weighted by atomic mass is 10.2. The maximum Gasteiger partial charge on any atom is 0.255 e. The lowest BCUT2D eigenvalue weighted by Crippen LogP contribution is -2.32. The fourth-order valence-corrected chi connectivity index (χ4v) is 2.06. The highest BCUT2D eigenvalue weighted by molar-refractivity contribution is 9.09. The molecule has 1 aromatic rings. The Labute approximate surface area is 110 Å². The van der Waals surface area contributed by atoms with Crippen LogP contribution in [0.5, 0.6) is 0 Å². The number of nitrogens with one attached hydrogen (secondary N) is 1. The molecule has 0 aliphatic rings. The van der Waals surface area contributed by atoms with E-state index in [0.29, 0.717) is 18.7 Å². The van der Waals surface area contributed by atoms with Gasteiger partial charge in [-0.05, 0) is 13.8 Å². The van der Waals surface area contributed by atoms with Crippen molar-refractivity contribution in [1.82, 2.24) is 15.1 Å². The van der Waals surface area contributed by atoms with Crippen LogP contribution in [-0.2, 0) is 11.8 Å². The summed E-state index contributed by atoms with van der Waals surface area (Å²) in [6.45, 7) is 4.81. The average Bonchev–Trinajstić information content (AvgIpc) is 2.50. The molecule has 1 aromatic heterocycles. The Morgan fingerprint density at radius 1 is 1.59 bits per heavy atom. The van der Waals surface area contributed by atoms with Crippen LogP contribution in [0.25, 0.3) is 0 Å². The van der Waals surface area contributed by atoms with Crippen molar-refractivity contribution in [1.29, 1.82) is 0 Å². The molecule has 0 aromatic carbocycles. The minimum Gasteiger partial charge on any atom is -0.383 e. The quantitative estimate of drug-likeness (QED) is 0.831. The van der Waals surface area contributed by atoms with E-state index in [4.69, 9.17) is 4.74 Å². The lowest BCUT2D eigenvalue weighted by Gasteiger charge is -2.10. The molecule has 0 aliphatic heterocycles. The van der Waals surface area contributed by atoms with Crippen LogP contribution < -0.4 is 5.32 Å². The largest absolute Gasteiger partial charge is 0.383 e. The summed E-state index contributed by atoms with van der Waals surface area (Å²) in [5.41, 5.74) is 2.28. The molecule has 1 rings (SSSR count). The first-order chi connectivity index (χ1) is 7.97. The van der Waals surface area contributed by atoms with E-state index in [9.17, 15) is 4.79 Å². The molecule has 0 saturated heterocycles. The zero-order valence-corrected chi connectivity index (χ0v) is 12.2. The van der Waals surface area contributed by atoms with E-state index in [1.165, 1.54) is 0 Å². The van der Waals surface area contributed by atoms with E-state index in [-0.39, 0.29) is 10.7 Å². The molecule has 1 unspecified atom stereocenters. The van der Waals surface area contributed by atoms with Gasteiger partial charge in [0.1, 0.15) is 0 Å². The van der Waals surface area contributed by atoms with Gasteiger partial charge in [-0.1, -0.05) is 15.9 Å². The number of carbonyl (C=O) groups excluding carboxylic acids is 1. The molecule has 0 bridgehead atoms. The minimum absolute atomic E-state index is 0.0892. The van der Waals surface area contributed by atoms with Crippen LogP contribution in [0.1, 0.15) is 21.7 Å². The van der Waals surface area contributed by atoms with Crippen LogP contribution in [0.4, 0.5) is 0 Å². The second-order valence-electron chi connectivity index (χ2n) is 3.93. The Morgan fingerprint density at radius 3 is 2.71 bits per heavy atom. The molecular formula is C11H18BrN3O2. The fraction of sp³-hybridized carbons (Fsp3) is 0.636. The molecule has 5 nitrogen and oxygen atoms in total. The van der Waals surface area contributed by atoms with Crippen LogP contribution in [-0.4, -0.2) is 40.8 Å². The van der Waals surface area contributed by atoms with Crippen LogP contribution in [0.2, 0.25) is 0 Å². The number of aryl methyl sites for hydroxylation is 2. The normalized spacial score (nSPS) is 12.5. The molecule has 96 valence electrons. The molecule has 1 amide bonds. The first-order valence-corrected chi connectivity index (χ1v) is 6.30. The third kappa shape index (κ3) is 3.54. The van der Waals surface area contributed by atoms with E-state index >= 15 is 0 Å². The van der Waals surface area contributed by atoms with Crippen molar-refractivity contribution >= 4 is 21.8 Å². The predicted molar refractivity (Wildman–Crippen MR) is 69.6 cm³/mol. The molecule has 0 aliphatic carbocycles. The topological polar surface area (TPSA) is 56.1 Å². The summed E-state index contributed by atoms with van der Waals surface area (Å²) in [6.07, 6.45) is 0. The first kappa shape index (κ1) is 14.2. The van der Waals surface area contributed by atoms with Crippen molar-refractivity contribution in [3.63, 3.8) is 0 Å². The third-order valence-corrected chi connectivity index (χ3v) is 3.16. The number of aromatic nitrogens is 2. The summed E-state index contributed by atoms with van der Waals surface area (Å²) in [5.74, 6) is -0.0892. The standard InChI is InChI=1S/C11H18BrN3O2/c1-7-10(8(2)15(3)14-7)11(16)13-5-9(12)6-17-4/h9H,5-6H2,1-4H3,(H,13,16). The van der Waals surface area contributed by atoms with E-state index in [2.05, 4.69) is 26.3 Å². The lowest BCUT2D eigenvalue weighted by molar-refractivity contribution is 0.0949. The molecule has 0 saturated carbocycles. The molecule has 17 heavy (non-hydrogen) atoms. The van der Waals surface area contributed by atoms with Crippen molar-refractivity contribution in [3.8, 4) is 0 Å². The number of carbonyl (C=O) groups is 1. The van der Waals surface area contributed by atoms with E-state index in [1.807, 2.05) is 20.9 Å². The zero-order valence-electron chi connectivity index (χ0n) is 10.6. The molecule has 0 spiro atoms. The van der Waals surface area contributed by atoms with Crippen LogP contribution in [0.15, 0.2) is 0 Å². The molecule has 0 radical (unpaired) electrons. The highest BCUT2D eigenvalue weighted by atomic mass is 79.9. The average molecular weight is 304 g/mol. The predicted octanol–water partition coefficient (Wildman–Crippen LogP) is 1.18. The number of nitrogens with zero attached hydrogens (tertiary/aromatic N) is 2.